The molecule has 1 aliphatic rings. The molecule has 0 aliphatic carbocycles. The normalized spacial score (nSPS) is 18.1. The summed E-state index contributed by atoms with van der Waals surface area (Å²) in [6, 6.07) is 6.94. The third kappa shape index (κ3) is 1.62. The van der Waals surface area contributed by atoms with Gasteiger partial charge in [0.05, 0.1) is 0 Å². The average Bonchev–Trinajstić information content (AvgIpc) is 2.59. The van der Waals surface area contributed by atoms with E-state index >= 15 is 0 Å². The maximum absolute atomic E-state index is 5.77. The van der Waals surface area contributed by atoms with Crippen molar-refractivity contribution in [1.29, 1.82) is 0 Å². The zero-order valence-corrected chi connectivity index (χ0v) is 8.96. The van der Waals surface area contributed by atoms with Crippen molar-refractivity contribution >= 4 is 5.69 Å². The molecule has 0 saturated carbocycles. The van der Waals surface area contributed by atoms with Crippen LogP contribution in [0.1, 0.15) is 31.4 Å². The van der Waals surface area contributed by atoms with Gasteiger partial charge in [-0.25, -0.2) is 0 Å². The summed E-state index contributed by atoms with van der Waals surface area (Å²) in [5.41, 5.74) is 9.50. The van der Waals surface area contributed by atoms with Gasteiger partial charge in [-0.3, -0.25) is 4.90 Å². The fourth-order valence-corrected chi connectivity index (χ4v) is 2.01. The van der Waals surface area contributed by atoms with Crippen LogP contribution in [0.25, 0.3) is 0 Å². The van der Waals surface area contributed by atoms with E-state index in [4.69, 9.17) is 5.73 Å². The Morgan fingerprint density at radius 2 is 2.07 bits per heavy atom. The first kappa shape index (κ1) is 9.53. The summed E-state index contributed by atoms with van der Waals surface area (Å²) >= 11 is 0. The number of hydrogen-bond donors (Lipinski definition) is 1. The number of rotatable bonds is 2. The molecule has 0 bridgehead atoms. The lowest BCUT2D eigenvalue weighted by Crippen LogP contribution is -2.26. The van der Waals surface area contributed by atoms with Crippen molar-refractivity contribution in [1.82, 2.24) is 4.90 Å². The van der Waals surface area contributed by atoms with E-state index in [1.54, 1.807) is 0 Å². The highest BCUT2D eigenvalue weighted by Crippen LogP contribution is 2.26. The molecular weight excluding hydrogens is 172 g/mol. The summed E-state index contributed by atoms with van der Waals surface area (Å²) in [7, 11) is 0. The Morgan fingerprint density at radius 1 is 1.36 bits per heavy atom. The Morgan fingerprint density at radius 3 is 2.79 bits per heavy atom. The Balaban J connectivity index is 2.17. The van der Waals surface area contributed by atoms with Gasteiger partial charge in [0.2, 0.25) is 0 Å². The molecule has 1 unspecified atom stereocenters. The van der Waals surface area contributed by atoms with Crippen LogP contribution in [0.5, 0.6) is 0 Å². The number of anilines is 1. The molecule has 2 rings (SSSR count). The Labute approximate surface area is 85.7 Å². The van der Waals surface area contributed by atoms with Crippen LogP contribution in [-0.2, 0) is 13.1 Å². The molecule has 1 atom stereocenters. The predicted molar refractivity (Wildman–Crippen MR) is 59.9 cm³/mol. The molecule has 1 aromatic carbocycles. The van der Waals surface area contributed by atoms with Gasteiger partial charge in [0.1, 0.15) is 0 Å². The van der Waals surface area contributed by atoms with E-state index in [-0.39, 0.29) is 0 Å². The molecular formula is C12H18N2. The quantitative estimate of drug-likeness (QED) is 0.725. The van der Waals surface area contributed by atoms with E-state index in [0.717, 1.165) is 18.8 Å². The van der Waals surface area contributed by atoms with Gasteiger partial charge in [0.25, 0.3) is 0 Å². The summed E-state index contributed by atoms with van der Waals surface area (Å²) in [6.07, 6.45) is 1.21. The topological polar surface area (TPSA) is 29.3 Å². The van der Waals surface area contributed by atoms with Crippen LogP contribution in [0, 0.1) is 0 Å². The number of fused-ring (bicyclic) bond motifs is 1. The van der Waals surface area contributed by atoms with Crippen molar-refractivity contribution < 1.29 is 0 Å². The molecule has 2 N–H and O–H groups in total. The van der Waals surface area contributed by atoms with E-state index < -0.39 is 0 Å². The molecule has 76 valence electrons. The molecule has 0 aromatic heterocycles. The predicted octanol–water partition coefficient (Wildman–Crippen LogP) is 2.38. The molecule has 14 heavy (non-hydrogen) atoms. The molecule has 0 amide bonds. The summed E-state index contributed by atoms with van der Waals surface area (Å²) in [5.74, 6) is 0. The van der Waals surface area contributed by atoms with Gasteiger partial charge < -0.3 is 5.73 Å². The van der Waals surface area contributed by atoms with Crippen molar-refractivity contribution in [3.05, 3.63) is 29.3 Å². The molecule has 1 heterocycles. The van der Waals surface area contributed by atoms with Gasteiger partial charge in [-0.05, 0) is 36.6 Å². The second-order valence-corrected chi connectivity index (χ2v) is 4.19. The molecule has 0 fully saturated rings. The first-order valence-electron chi connectivity index (χ1n) is 5.32. The Hall–Kier alpha value is -1.02. The maximum atomic E-state index is 5.77. The minimum atomic E-state index is 0.670. The lowest BCUT2D eigenvalue weighted by Gasteiger charge is -2.21. The highest BCUT2D eigenvalue weighted by Gasteiger charge is 2.21. The standard InChI is InChI=1S/C12H18N2/c1-3-9(2)14-7-10-4-5-12(13)6-11(10)8-14/h4-6,9H,3,7-8,13H2,1-2H3. The average molecular weight is 190 g/mol. The van der Waals surface area contributed by atoms with Crippen molar-refractivity contribution in [2.45, 2.75) is 39.4 Å². The number of nitrogens with two attached hydrogens (primary N) is 1. The first-order chi connectivity index (χ1) is 6.70. The lowest BCUT2D eigenvalue weighted by molar-refractivity contribution is 0.208. The largest absolute Gasteiger partial charge is 0.399 e. The van der Waals surface area contributed by atoms with Crippen LogP contribution in [0.15, 0.2) is 18.2 Å². The van der Waals surface area contributed by atoms with Gasteiger partial charge in [0, 0.05) is 24.8 Å². The van der Waals surface area contributed by atoms with E-state index in [2.05, 4.69) is 30.9 Å². The summed E-state index contributed by atoms with van der Waals surface area (Å²) < 4.78 is 0. The van der Waals surface area contributed by atoms with Crippen LogP contribution in [0.2, 0.25) is 0 Å². The van der Waals surface area contributed by atoms with Crippen LogP contribution < -0.4 is 5.73 Å². The van der Waals surface area contributed by atoms with Crippen LogP contribution >= 0.6 is 0 Å². The van der Waals surface area contributed by atoms with Gasteiger partial charge >= 0.3 is 0 Å². The molecule has 2 nitrogen and oxygen atoms in total. The van der Waals surface area contributed by atoms with Crippen molar-refractivity contribution in [3.63, 3.8) is 0 Å². The number of hydrogen-bond acceptors (Lipinski definition) is 2. The molecule has 0 saturated heterocycles. The zero-order chi connectivity index (χ0) is 10.1. The van der Waals surface area contributed by atoms with Gasteiger partial charge in [-0.2, -0.15) is 0 Å². The zero-order valence-electron chi connectivity index (χ0n) is 8.96. The third-order valence-electron chi connectivity index (χ3n) is 3.19. The monoisotopic (exact) mass is 190 g/mol. The second-order valence-electron chi connectivity index (χ2n) is 4.19. The number of nitrogens with zero attached hydrogens (tertiary/aromatic N) is 1. The van der Waals surface area contributed by atoms with Crippen molar-refractivity contribution in [3.8, 4) is 0 Å². The van der Waals surface area contributed by atoms with Gasteiger partial charge in [-0.1, -0.05) is 13.0 Å². The minimum absolute atomic E-state index is 0.670. The summed E-state index contributed by atoms with van der Waals surface area (Å²) in [6.45, 7) is 6.68. The van der Waals surface area contributed by atoms with E-state index in [0.29, 0.717) is 6.04 Å². The van der Waals surface area contributed by atoms with Gasteiger partial charge in [0.15, 0.2) is 0 Å². The molecule has 0 spiro atoms. The van der Waals surface area contributed by atoms with E-state index in [1.165, 1.54) is 17.5 Å². The van der Waals surface area contributed by atoms with Crippen LogP contribution in [0.3, 0.4) is 0 Å². The van der Waals surface area contributed by atoms with E-state index in [9.17, 15) is 0 Å². The Bertz CT molecular complexity index is 333. The van der Waals surface area contributed by atoms with Crippen molar-refractivity contribution in [2.75, 3.05) is 5.73 Å². The molecule has 1 aliphatic heterocycles. The van der Waals surface area contributed by atoms with E-state index in [1.807, 2.05) is 6.07 Å². The second kappa shape index (κ2) is 3.62. The van der Waals surface area contributed by atoms with Crippen LogP contribution in [-0.4, -0.2) is 10.9 Å². The first-order valence-corrected chi connectivity index (χ1v) is 5.32. The number of benzene rings is 1. The highest BCUT2D eigenvalue weighted by molar-refractivity contribution is 5.46. The smallest absolute Gasteiger partial charge is 0.0317 e. The SMILES string of the molecule is CCC(C)N1Cc2ccc(N)cc2C1. The highest BCUT2D eigenvalue weighted by atomic mass is 15.2. The van der Waals surface area contributed by atoms with Crippen LogP contribution in [0.4, 0.5) is 5.69 Å². The summed E-state index contributed by atoms with van der Waals surface area (Å²) in [5, 5.41) is 0. The third-order valence-corrected chi connectivity index (χ3v) is 3.19. The van der Waals surface area contributed by atoms with Gasteiger partial charge in [-0.15, -0.1) is 0 Å². The molecule has 1 aromatic rings. The number of nitrogen functional groups attached to an aromatic ring is 1. The fourth-order valence-electron chi connectivity index (χ4n) is 2.01. The Kier molecular flexibility index (Phi) is 2.46. The maximum Gasteiger partial charge on any atom is 0.0317 e. The molecule has 0 radical (unpaired) electrons. The van der Waals surface area contributed by atoms with Crippen molar-refractivity contribution in [2.24, 2.45) is 0 Å². The minimum Gasteiger partial charge on any atom is -0.399 e. The molecule has 2 heteroatoms. The lowest BCUT2D eigenvalue weighted by atomic mass is 10.1. The summed E-state index contributed by atoms with van der Waals surface area (Å²) in [4.78, 5) is 2.50. The fraction of sp³-hybridized carbons (Fsp3) is 0.500.